The molecule has 4 N–H and O–H groups in total. The van der Waals surface area contributed by atoms with Crippen molar-refractivity contribution >= 4 is 11.7 Å². The van der Waals surface area contributed by atoms with E-state index in [1.807, 2.05) is 31.2 Å². The molecular weight excluding hydrogens is 254 g/mol. The van der Waals surface area contributed by atoms with E-state index in [0.717, 1.165) is 17.1 Å². The molecule has 0 aliphatic carbocycles. The van der Waals surface area contributed by atoms with E-state index in [1.54, 1.807) is 24.3 Å². The van der Waals surface area contributed by atoms with Crippen molar-refractivity contribution in [2.45, 2.75) is 19.5 Å². The standard InChI is InChI=1S/C14H19N5O/c1-10(15)11-4-3-5-12(8-11)18-14(20)19(2)9-13-16-6-7-17-13/h3-8,10H,9,15H2,1-2H3,(H,16,17)(H,18,20). The van der Waals surface area contributed by atoms with Crippen LogP contribution in [0, 0.1) is 0 Å². The molecule has 0 bridgehead atoms. The first-order valence-electron chi connectivity index (χ1n) is 6.42. The van der Waals surface area contributed by atoms with Gasteiger partial charge in [0.2, 0.25) is 0 Å². The molecule has 1 atom stereocenters. The van der Waals surface area contributed by atoms with E-state index in [2.05, 4.69) is 15.3 Å². The second-order valence-corrected chi connectivity index (χ2v) is 4.74. The van der Waals surface area contributed by atoms with Gasteiger partial charge < -0.3 is 20.9 Å². The summed E-state index contributed by atoms with van der Waals surface area (Å²) in [6.07, 6.45) is 3.39. The Hall–Kier alpha value is -2.34. The van der Waals surface area contributed by atoms with E-state index < -0.39 is 0 Å². The molecule has 2 amide bonds. The van der Waals surface area contributed by atoms with Gasteiger partial charge in [-0.25, -0.2) is 9.78 Å². The minimum Gasteiger partial charge on any atom is -0.347 e. The summed E-state index contributed by atoms with van der Waals surface area (Å²) in [6, 6.07) is 7.28. The van der Waals surface area contributed by atoms with Crippen LogP contribution in [0.25, 0.3) is 0 Å². The van der Waals surface area contributed by atoms with Crippen molar-refractivity contribution in [1.29, 1.82) is 0 Å². The minimum atomic E-state index is -0.191. The molecule has 1 aromatic carbocycles. The van der Waals surface area contributed by atoms with Gasteiger partial charge in [0.15, 0.2) is 0 Å². The molecule has 20 heavy (non-hydrogen) atoms. The number of rotatable bonds is 4. The lowest BCUT2D eigenvalue weighted by molar-refractivity contribution is 0.219. The highest BCUT2D eigenvalue weighted by atomic mass is 16.2. The largest absolute Gasteiger partial charge is 0.347 e. The number of carbonyl (C=O) groups excluding carboxylic acids is 1. The third-order valence-corrected chi connectivity index (χ3v) is 2.95. The van der Waals surface area contributed by atoms with Crippen LogP contribution in [0.4, 0.5) is 10.5 Å². The zero-order valence-electron chi connectivity index (χ0n) is 11.6. The third-order valence-electron chi connectivity index (χ3n) is 2.95. The van der Waals surface area contributed by atoms with Gasteiger partial charge in [0.25, 0.3) is 0 Å². The summed E-state index contributed by atoms with van der Waals surface area (Å²) >= 11 is 0. The molecule has 0 spiro atoms. The third kappa shape index (κ3) is 3.58. The molecule has 2 rings (SSSR count). The van der Waals surface area contributed by atoms with Crippen LogP contribution < -0.4 is 11.1 Å². The number of H-pyrrole nitrogens is 1. The number of amides is 2. The van der Waals surface area contributed by atoms with Gasteiger partial charge >= 0.3 is 6.03 Å². The average Bonchev–Trinajstić information content (AvgIpc) is 2.91. The highest BCUT2D eigenvalue weighted by Crippen LogP contribution is 2.16. The Morgan fingerprint density at radius 1 is 1.55 bits per heavy atom. The Morgan fingerprint density at radius 2 is 2.35 bits per heavy atom. The number of urea groups is 1. The first-order chi connectivity index (χ1) is 9.56. The van der Waals surface area contributed by atoms with Gasteiger partial charge in [-0.1, -0.05) is 12.1 Å². The van der Waals surface area contributed by atoms with E-state index in [-0.39, 0.29) is 12.1 Å². The van der Waals surface area contributed by atoms with E-state index in [1.165, 1.54) is 0 Å². The Kier molecular flexibility index (Phi) is 4.37. The summed E-state index contributed by atoms with van der Waals surface area (Å²) in [5, 5.41) is 2.84. The number of carbonyl (C=O) groups is 1. The van der Waals surface area contributed by atoms with Gasteiger partial charge in [-0.15, -0.1) is 0 Å². The monoisotopic (exact) mass is 273 g/mol. The number of anilines is 1. The predicted molar refractivity (Wildman–Crippen MR) is 78.1 cm³/mol. The lowest BCUT2D eigenvalue weighted by Crippen LogP contribution is -2.31. The molecule has 6 heteroatoms. The first kappa shape index (κ1) is 14.1. The van der Waals surface area contributed by atoms with Crippen molar-refractivity contribution in [3.63, 3.8) is 0 Å². The highest BCUT2D eigenvalue weighted by molar-refractivity contribution is 5.89. The number of aromatic nitrogens is 2. The second-order valence-electron chi connectivity index (χ2n) is 4.74. The van der Waals surface area contributed by atoms with Crippen molar-refractivity contribution in [2.75, 3.05) is 12.4 Å². The summed E-state index contributed by atoms with van der Waals surface area (Å²) in [6.45, 7) is 2.33. The number of aromatic amines is 1. The normalized spacial score (nSPS) is 11.9. The lowest BCUT2D eigenvalue weighted by atomic mass is 10.1. The molecule has 0 radical (unpaired) electrons. The van der Waals surface area contributed by atoms with Crippen molar-refractivity contribution in [1.82, 2.24) is 14.9 Å². The smallest absolute Gasteiger partial charge is 0.321 e. The first-order valence-corrected chi connectivity index (χ1v) is 6.42. The molecule has 0 saturated heterocycles. The Labute approximate surface area is 118 Å². The Morgan fingerprint density at radius 3 is 3.00 bits per heavy atom. The SMILES string of the molecule is CC(N)c1cccc(NC(=O)N(C)Cc2ncc[nH]2)c1. The zero-order chi connectivity index (χ0) is 14.5. The van der Waals surface area contributed by atoms with Crippen LogP contribution in [0.2, 0.25) is 0 Å². The molecular formula is C14H19N5O. The molecule has 0 fully saturated rings. The molecule has 1 heterocycles. The maximum Gasteiger partial charge on any atom is 0.321 e. The van der Waals surface area contributed by atoms with Crippen LogP contribution in [0.5, 0.6) is 0 Å². The number of nitrogens with two attached hydrogens (primary N) is 1. The fourth-order valence-electron chi connectivity index (χ4n) is 1.80. The van der Waals surface area contributed by atoms with Crippen molar-refractivity contribution in [3.8, 4) is 0 Å². The predicted octanol–water partition coefficient (Wildman–Crippen LogP) is 2.09. The van der Waals surface area contributed by atoms with Crippen molar-refractivity contribution < 1.29 is 4.79 Å². The molecule has 1 aromatic heterocycles. The van der Waals surface area contributed by atoms with Gasteiger partial charge in [-0.2, -0.15) is 0 Å². The minimum absolute atomic E-state index is 0.0623. The Balaban J connectivity index is 1.98. The second kappa shape index (κ2) is 6.21. The number of hydrogen-bond acceptors (Lipinski definition) is 3. The van der Waals surface area contributed by atoms with Gasteiger partial charge in [-0.3, -0.25) is 0 Å². The molecule has 1 unspecified atom stereocenters. The van der Waals surface area contributed by atoms with Gasteiger partial charge in [0, 0.05) is 31.2 Å². The fourth-order valence-corrected chi connectivity index (χ4v) is 1.80. The summed E-state index contributed by atoms with van der Waals surface area (Å²) in [5.74, 6) is 0.743. The van der Waals surface area contributed by atoms with Gasteiger partial charge in [-0.05, 0) is 24.6 Å². The maximum absolute atomic E-state index is 12.1. The van der Waals surface area contributed by atoms with Gasteiger partial charge in [0.05, 0.1) is 6.54 Å². The number of benzene rings is 1. The summed E-state index contributed by atoms with van der Waals surface area (Å²) < 4.78 is 0. The fraction of sp³-hybridized carbons (Fsp3) is 0.286. The van der Waals surface area contributed by atoms with Crippen LogP contribution in [0.1, 0.15) is 24.4 Å². The van der Waals surface area contributed by atoms with Crippen LogP contribution in [-0.2, 0) is 6.54 Å². The summed E-state index contributed by atoms with van der Waals surface area (Å²) in [4.78, 5) is 20.7. The molecule has 0 aliphatic heterocycles. The van der Waals surface area contributed by atoms with Crippen LogP contribution in [-0.4, -0.2) is 27.9 Å². The van der Waals surface area contributed by atoms with E-state index in [9.17, 15) is 4.79 Å². The lowest BCUT2D eigenvalue weighted by Gasteiger charge is -2.17. The average molecular weight is 273 g/mol. The van der Waals surface area contributed by atoms with Crippen LogP contribution in [0.15, 0.2) is 36.7 Å². The number of imidazole rings is 1. The number of hydrogen-bond donors (Lipinski definition) is 3. The van der Waals surface area contributed by atoms with Crippen molar-refractivity contribution in [3.05, 3.63) is 48.0 Å². The highest BCUT2D eigenvalue weighted by Gasteiger charge is 2.11. The summed E-state index contributed by atoms with van der Waals surface area (Å²) in [5.41, 5.74) is 7.54. The maximum atomic E-state index is 12.1. The molecule has 0 saturated carbocycles. The molecule has 6 nitrogen and oxygen atoms in total. The van der Waals surface area contributed by atoms with Crippen LogP contribution >= 0.6 is 0 Å². The zero-order valence-corrected chi connectivity index (χ0v) is 11.6. The molecule has 2 aromatic rings. The van der Waals surface area contributed by atoms with E-state index in [4.69, 9.17) is 5.73 Å². The van der Waals surface area contributed by atoms with E-state index >= 15 is 0 Å². The van der Waals surface area contributed by atoms with Crippen LogP contribution in [0.3, 0.4) is 0 Å². The quantitative estimate of drug-likeness (QED) is 0.797. The molecule has 106 valence electrons. The topological polar surface area (TPSA) is 87.0 Å². The summed E-state index contributed by atoms with van der Waals surface area (Å²) in [7, 11) is 1.72. The van der Waals surface area contributed by atoms with Crippen molar-refractivity contribution in [2.24, 2.45) is 5.73 Å². The van der Waals surface area contributed by atoms with E-state index in [0.29, 0.717) is 6.54 Å². The molecule has 0 aliphatic rings. The Bertz CT molecular complexity index is 565. The number of nitrogens with one attached hydrogen (secondary N) is 2. The number of nitrogens with zero attached hydrogens (tertiary/aromatic N) is 2. The van der Waals surface area contributed by atoms with Gasteiger partial charge in [0.1, 0.15) is 5.82 Å².